The molecule has 3 aliphatic rings. The highest BCUT2D eigenvalue weighted by molar-refractivity contribution is 6.30. The van der Waals surface area contributed by atoms with Crippen LogP contribution in [0.4, 0.5) is 0 Å². The molecule has 2 heterocycles. The molecule has 0 spiro atoms. The molecule has 5 rings (SSSR count). The molecule has 24 heavy (non-hydrogen) atoms. The number of benzene rings is 1. The molecule has 3 atom stereocenters. The number of aromatic nitrogens is 1. The van der Waals surface area contributed by atoms with Crippen LogP contribution in [0, 0.1) is 11.8 Å². The molecule has 1 aromatic heterocycles. The molecule has 2 aromatic rings. The van der Waals surface area contributed by atoms with Crippen molar-refractivity contribution in [1.29, 1.82) is 0 Å². The molecule has 2 aliphatic carbocycles. The molecule has 0 amide bonds. The van der Waals surface area contributed by atoms with Crippen LogP contribution in [0.25, 0.3) is 0 Å². The van der Waals surface area contributed by atoms with Gasteiger partial charge in [0.05, 0.1) is 5.69 Å². The summed E-state index contributed by atoms with van der Waals surface area (Å²) in [6, 6.07) is 8.83. The van der Waals surface area contributed by atoms with E-state index in [1.165, 1.54) is 48.3 Å². The van der Waals surface area contributed by atoms with Crippen LogP contribution in [0.2, 0.25) is 5.02 Å². The molecule has 3 heteroatoms. The highest BCUT2D eigenvalue weighted by atomic mass is 35.5. The summed E-state index contributed by atoms with van der Waals surface area (Å²) in [6.07, 6.45) is 6.62. The molecule has 0 bridgehead atoms. The lowest BCUT2D eigenvalue weighted by Gasteiger charge is -2.45. The summed E-state index contributed by atoms with van der Waals surface area (Å²) in [5, 5.41) is 0.907. The van der Waals surface area contributed by atoms with Gasteiger partial charge in [0.2, 0.25) is 0 Å². The summed E-state index contributed by atoms with van der Waals surface area (Å²) in [4.78, 5) is 7.39. The molecule has 1 aliphatic heterocycles. The number of hydrogen-bond donors (Lipinski definition) is 0. The minimum absolute atomic E-state index is 0.471. The van der Waals surface area contributed by atoms with E-state index < -0.39 is 0 Å². The van der Waals surface area contributed by atoms with Crippen LogP contribution < -0.4 is 0 Å². The van der Waals surface area contributed by atoms with Gasteiger partial charge in [0.15, 0.2) is 0 Å². The Hall–Kier alpha value is -1.38. The van der Waals surface area contributed by atoms with Gasteiger partial charge in [0.25, 0.3) is 0 Å². The van der Waals surface area contributed by atoms with E-state index in [0.29, 0.717) is 5.92 Å². The van der Waals surface area contributed by atoms with E-state index in [9.17, 15) is 0 Å². The Morgan fingerprint density at radius 1 is 1.17 bits per heavy atom. The monoisotopic (exact) mass is 338 g/mol. The van der Waals surface area contributed by atoms with Gasteiger partial charge in [-0.3, -0.25) is 4.98 Å². The van der Waals surface area contributed by atoms with Gasteiger partial charge in [-0.05, 0) is 91.6 Å². The second-order valence-corrected chi connectivity index (χ2v) is 8.28. The van der Waals surface area contributed by atoms with E-state index >= 15 is 0 Å². The van der Waals surface area contributed by atoms with E-state index in [0.717, 1.165) is 29.7 Å². The van der Waals surface area contributed by atoms with Gasteiger partial charge >= 0.3 is 0 Å². The number of fused-ring (bicyclic) bond motifs is 4. The zero-order valence-electron chi connectivity index (χ0n) is 14.1. The van der Waals surface area contributed by atoms with Crippen LogP contribution in [-0.2, 0) is 19.3 Å². The van der Waals surface area contributed by atoms with E-state index in [-0.39, 0.29) is 0 Å². The van der Waals surface area contributed by atoms with E-state index in [1.807, 2.05) is 6.20 Å². The molecule has 2 nitrogen and oxygen atoms in total. The average molecular weight is 339 g/mol. The van der Waals surface area contributed by atoms with Crippen molar-refractivity contribution in [3.63, 3.8) is 0 Å². The summed E-state index contributed by atoms with van der Waals surface area (Å²) >= 11 is 6.47. The number of rotatable bonds is 0. The zero-order chi connectivity index (χ0) is 16.3. The third kappa shape index (κ3) is 2.23. The maximum atomic E-state index is 6.47. The zero-order valence-corrected chi connectivity index (χ0v) is 14.9. The van der Waals surface area contributed by atoms with Crippen LogP contribution in [-0.4, -0.2) is 30.0 Å². The molecule has 1 saturated heterocycles. The van der Waals surface area contributed by atoms with E-state index in [1.54, 1.807) is 5.56 Å². The Kier molecular flexibility index (Phi) is 3.46. The second kappa shape index (κ2) is 5.57. The molecular formula is C21H23ClN2. The van der Waals surface area contributed by atoms with Gasteiger partial charge < -0.3 is 4.90 Å². The normalized spacial score (nSPS) is 28.5. The fourth-order valence-corrected chi connectivity index (χ4v) is 5.71. The van der Waals surface area contributed by atoms with Crippen LogP contribution in [0.15, 0.2) is 30.5 Å². The minimum Gasteiger partial charge on any atom is -0.306 e. The Balaban J connectivity index is 1.74. The molecule has 0 radical (unpaired) electrons. The lowest BCUT2D eigenvalue weighted by Crippen LogP contribution is -2.44. The molecule has 1 aromatic carbocycles. The summed E-state index contributed by atoms with van der Waals surface area (Å²) < 4.78 is 0. The van der Waals surface area contributed by atoms with Crippen molar-refractivity contribution in [1.82, 2.24) is 9.88 Å². The number of nitrogens with zero attached hydrogens (tertiary/aromatic N) is 2. The SMILES string of the molecule is CN1CC[C@H]2[C@@H](Cc3cc(Cl)cc4c3[C@@H]2c2ncccc2CC4)C1. The van der Waals surface area contributed by atoms with Crippen molar-refractivity contribution in [2.45, 2.75) is 31.6 Å². The summed E-state index contributed by atoms with van der Waals surface area (Å²) in [5.41, 5.74) is 7.32. The topological polar surface area (TPSA) is 16.1 Å². The number of piperidine rings is 1. The quantitative estimate of drug-likeness (QED) is 0.719. The van der Waals surface area contributed by atoms with Crippen LogP contribution >= 0.6 is 11.6 Å². The maximum Gasteiger partial charge on any atom is 0.0513 e. The Morgan fingerprint density at radius 3 is 2.92 bits per heavy atom. The van der Waals surface area contributed by atoms with Crippen molar-refractivity contribution in [2.75, 3.05) is 20.1 Å². The largest absolute Gasteiger partial charge is 0.306 e. The molecule has 0 unspecified atom stereocenters. The van der Waals surface area contributed by atoms with Crippen molar-refractivity contribution in [3.8, 4) is 0 Å². The second-order valence-electron chi connectivity index (χ2n) is 7.84. The highest BCUT2D eigenvalue weighted by Crippen LogP contribution is 2.50. The Labute approximate surface area is 148 Å². The first-order chi connectivity index (χ1) is 11.7. The molecule has 0 saturated carbocycles. The summed E-state index contributed by atoms with van der Waals surface area (Å²) in [6.45, 7) is 2.41. The molecule has 1 fully saturated rings. The standard InChI is InChI=1S/C21H23ClN2/c1-24-8-6-18-16(12-24)9-15-11-17(22)10-14-5-4-13-3-2-7-23-21(13)20(18)19(14)15/h2-3,7,10-11,16,18,20H,4-6,8-9,12H2,1H3/t16-,18-,20+/m0/s1. The number of hydrogen-bond acceptors (Lipinski definition) is 2. The first kappa shape index (κ1) is 14.9. The van der Waals surface area contributed by atoms with Crippen molar-refractivity contribution < 1.29 is 0 Å². The Bertz CT molecular complexity index is 800. The van der Waals surface area contributed by atoms with Crippen LogP contribution in [0.5, 0.6) is 0 Å². The first-order valence-corrected chi connectivity index (χ1v) is 9.52. The molecule has 124 valence electrons. The average Bonchev–Trinajstić information content (AvgIpc) is 2.73. The maximum absolute atomic E-state index is 6.47. The predicted octanol–water partition coefficient (Wildman–Crippen LogP) is 4.09. The van der Waals surface area contributed by atoms with Gasteiger partial charge in [-0.2, -0.15) is 0 Å². The first-order valence-electron chi connectivity index (χ1n) is 9.14. The van der Waals surface area contributed by atoms with Gasteiger partial charge in [-0.1, -0.05) is 17.7 Å². The third-order valence-corrected chi connectivity index (χ3v) is 6.64. The van der Waals surface area contributed by atoms with E-state index in [4.69, 9.17) is 16.6 Å². The number of likely N-dealkylation sites (tertiary alicyclic amines) is 1. The fraction of sp³-hybridized carbons (Fsp3) is 0.476. The number of aryl methyl sites for hydroxylation is 2. The molecular weight excluding hydrogens is 316 g/mol. The number of halogens is 1. The fourth-order valence-electron chi connectivity index (χ4n) is 5.45. The highest BCUT2D eigenvalue weighted by Gasteiger charge is 2.43. The van der Waals surface area contributed by atoms with Crippen molar-refractivity contribution in [3.05, 3.63) is 63.4 Å². The van der Waals surface area contributed by atoms with Crippen LogP contribution in [0.3, 0.4) is 0 Å². The lowest BCUT2D eigenvalue weighted by atomic mass is 9.64. The Morgan fingerprint density at radius 2 is 2.00 bits per heavy atom. The smallest absolute Gasteiger partial charge is 0.0513 e. The van der Waals surface area contributed by atoms with Gasteiger partial charge in [-0.25, -0.2) is 0 Å². The van der Waals surface area contributed by atoms with Crippen LogP contribution in [0.1, 0.15) is 40.3 Å². The van der Waals surface area contributed by atoms with E-state index in [2.05, 4.69) is 36.2 Å². The van der Waals surface area contributed by atoms with Gasteiger partial charge in [-0.15, -0.1) is 0 Å². The summed E-state index contributed by atoms with van der Waals surface area (Å²) in [7, 11) is 2.26. The van der Waals surface area contributed by atoms with Gasteiger partial charge in [0.1, 0.15) is 0 Å². The lowest BCUT2D eigenvalue weighted by molar-refractivity contribution is 0.121. The summed E-state index contributed by atoms with van der Waals surface area (Å²) in [5.74, 6) is 1.92. The third-order valence-electron chi connectivity index (χ3n) is 6.42. The minimum atomic E-state index is 0.471. The van der Waals surface area contributed by atoms with Gasteiger partial charge in [0, 0.05) is 23.7 Å². The number of pyridine rings is 1. The van der Waals surface area contributed by atoms with Crippen molar-refractivity contribution in [2.24, 2.45) is 11.8 Å². The van der Waals surface area contributed by atoms with Crippen molar-refractivity contribution >= 4 is 11.6 Å². The molecule has 0 N–H and O–H groups in total. The predicted molar refractivity (Wildman–Crippen MR) is 97.7 cm³/mol.